The Hall–Kier alpha value is -1.49. The van der Waals surface area contributed by atoms with Crippen molar-refractivity contribution in [1.29, 1.82) is 0 Å². The normalized spacial score (nSPS) is 34.4. The highest BCUT2D eigenvalue weighted by atomic mass is 19.1. The first-order valence-electron chi connectivity index (χ1n) is 5.83. The first-order chi connectivity index (χ1) is 8.40. The van der Waals surface area contributed by atoms with Gasteiger partial charge in [-0.1, -0.05) is 6.07 Å². The fourth-order valence-corrected chi connectivity index (χ4v) is 3.73. The highest BCUT2D eigenvalue weighted by molar-refractivity contribution is 5.76. The number of benzene rings is 1. The van der Waals surface area contributed by atoms with E-state index in [0.717, 1.165) is 0 Å². The molecule has 1 atom stereocenters. The van der Waals surface area contributed by atoms with Crippen molar-refractivity contribution in [2.45, 2.75) is 30.7 Å². The van der Waals surface area contributed by atoms with Crippen LogP contribution in [-0.4, -0.2) is 17.1 Å². The van der Waals surface area contributed by atoms with E-state index in [0.29, 0.717) is 19.3 Å². The summed E-state index contributed by atoms with van der Waals surface area (Å²) >= 11 is 0. The van der Waals surface area contributed by atoms with Crippen LogP contribution < -0.4 is 5.73 Å². The van der Waals surface area contributed by atoms with Gasteiger partial charge < -0.3 is 10.8 Å². The molecular weight excluding hydrogens is 240 g/mol. The molecule has 96 valence electrons. The van der Waals surface area contributed by atoms with Crippen LogP contribution >= 0.6 is 0 Å². The summed E-state index contributed by atoms with van der Waals surface area (Å²) < 4.78 is 27.4. The summed E-state index contributed by atoms with van der Waals surface area (Å²) in [4.78, 5) is 10.9. The van der Waals surface area contributed by atoms with Crippen LogP contribution in [-0.2, 0) is 10.2 Å². The molecule has 3 aliphatic rings. The number of hydrogen-bond donors (Lipinski definition) is 2. The van der Waals surface area contributed by atoms with Crippen molar-refractivity contribution in [3.63, 3.8) is 0 Å². The van der Waals surface area contributed by atoms with E-state index in [4.69, 9.17) is 10.8 Å². The van der Waals surface area contributed by atoms with Crippen LogP contribution in [0.1, 0.15) is 24.8 Å². The van der Waals surface area contributed by atoms with Crippen molar-refractivity contribution in [2.24, 2.45) is 11.1 Å². The van der Waals surface area contributed by atoms with Gasteiger partial charge >= 0.3 is 5.97 Å². The first-order valence-corrected chi connectivity index (χ1v) is 5.83. The van der Waals surface area contributed by atoms with E-state index in [1.807, 2.05) is 0 Å². The SMILES string of the molecule is NC(C(=O)O)C12CC(c3c(F)cccc3F)(C1)C2. The zero-order valence-electron chi connectivity index (χ0n) is 9.62. The lowest BCUT2D eigenvalue weighted by Crippen LogP contribution is -2.72. The highest BCUT2D eigenvalue weighted by Crippen LogP contribution is 2.75. The molecule has 1 unspecified atom stereocenters. The second kappa shape index (κ2) is 3.29. The zero-order chi connectivity index (χ0) is 13.1. The van der Waals surface area contributed by atoms with Gasteiger partial charge in [0.15, 0.2) is 0 Å². The largest absolute Gasteiger partial charge is 0.480 e. The quantitative estimate of drug-likeness (QED) is 0.863. The lowest BCUT2D eigenvalue weighted by Gasteiger charge is -2.72. The van der Waals surface area contributed by atoms with E-state index in [1.54, 1.807) is 0 Å². The van der Waals surface area contributed by atoms with Gasteiger partial charge in [0.25, 0.3) is 0 Å². The predicted molar refractivity (Wildman–Crippen MR) is 59.9 cm³/mol. The molecule has 3 aliphatic carbocycles. The monoisotopic (exact) mass is 253 g/mol. The Morgan fingerprint density at radius 3 is 2.22 bits per heavy atom. The van der Waals surface area contributed by atoms with Crippen molar-refractivity contribution in [3.05, 3.63) is 35.4 Å². The van der Waals surface area contributed by atoms with Crippen LogP contribution in [0.5, 0.6) is 0 Å². The summed E-state index contributed by atoms with van der Waals surface area (Å²) in [6.07, 6.45) is 1.39. The zero-order valence-corrected chi connectivity index (χ0v) is 9.62. The molecule has 0 aromatic heterocycles. The van der Waals surface area contributed by atoms with Crippen molar-refractivity contribution in [3.8, 4) is 0 Å². The number of carbonyl (C=O) groups is 1. The van der Waals surface area contributed by atoms with Crippen molar-refractivity contribution in [1.82, 2.24) is 0 Å². The minimum Gasteiger partial charge on any atom is -0.480 e. The molecule has 4 rings (SSSR count). The van der Waals surface area contributed by atoms with Crippen LogP contribution in [0.25, 0.3) is 0 Å². The second-order valence-electron chi connectivity index (χ2n) is 5.59. The van der Waals surface area contributed by atoms with Gasteiger partial charge in [0.1, 0.15) is 17.7 Å². The molecule has 1 aromatic rings. The van der Waals surface area contributed by atoms with Gasteiger partial charge in [-0.3, -0.25) is 4.79 Å². The number of carboxylic acid groups (broad SMARTS) is 1. The molecule has 0 radical (unpaired) electrons. The third-order valence-electron chi connectivity index (χ3n) is 4.49. The molecule has 1 aromatic carbocycles. The Labute approximate surface area is 103 Å². The number of aliphatic carboxylic acids is 1. The average molecular weight is 253 g/mol. The molecule has 3 fully saturated rings. The number of carboxylic acids is 1. The summed E-state index contributed by atoms with van der Waals surface area (Å²) in [6.45, 7) is 0. The topological polar surface area (TPSA) is 63.3 Å². The second-order valence-corrected chi connectivity index (χ2v) is 5.59. The fraction of sp³-hybridized carbons (Fsp3) is 0.462. The van der Waals surface area contributed by atoms with E-state index in [2.05, 4.69) is 0 Å². The van der Waals surface area contributed by atoms with Crippen LogP contribution in [0.15, 0.2) is 18.2 Å². The molecule has 0 spiro atoms. The maximum atomic E-state index is 13.7. The van der Waals surface area contributed by atoms with Gasteiger partial charge in [-0.05, 0) is 36.8 Å². The summed E-state index contributed by atoms with van der Waals surface area (Å²) in [5, 5.41) is 8.90. The fourth-order valence-electron chi connectivity index (χ4n) is 3.73. The Morgan fingerprint density at radius 1 is 1.28 bits per heavy atom. The van der Waals surface area contributed by atoms with Crippen molar-refractivity contribution >= 4 is 5.97 Å². The number of nitrogens with two attached hydrogens (primary N) is 1. The number of rotatable bonds is 3. The molecule has 5 heteroatoms. The Morgan fingerprint density at radius 2 is 1.78 bits per heavy atom. The van der Waals surface area contributed by atoms with Crippen molar-refractivity contribution < 1.29 is 18.7 Å². The molecule has 0 amide bonds. The molecule has 3 saturated carbocycles. The molecule has 2 bridgehead atoms. The average Bonchev–Trinajstić information content (AvgIpc) is 2.17. The van der Waals surface area contributed by atoms with E-state index in [9.17, 15) is 13.6 Å². The third-order valence-corrected chi connectivity index (χ3v) is 4.49. The maximum Gasteiger partial charge on any atom is 0.321 e. The minimum absolute atomic E-state index is 0.101. The molecule has 18 heavy (non-hydrogen) atoms. The smallest absolute Gasteiger partial charge is 0.321 e. The molecule has 0 heterocycles. The Balaban J connectivity index is 1.87. The van der Waals surface area contributed by atoms with Crippen LogP contribution in [0.2, 0.25) is 0 Å². The lowest BCUT2D eigenvalue weighted by molar-refractivity contribution is -0.180. The predicted octanol–water partition coefficient (Wildman–Crippen LogP) is 1.80. The third kappa shape index (κ3) is 1.22. The van der Waals surface area contributed by atoms with Crippen LogP contribution in [0.4, 0.5) is 8.78 Å². The van der Waals surface area contributed by atoms with Gasteiger partial charge in [0.05, 0.1) is 0 Å². The van der Waals surface area contributed by atoms with E-state index >= 15 is 0 Å². The summed E-state index contributed by atoms with van der Waals surface area (Å²) in [6, 6.07) is 2.87. The van der Waals surface area contributed by atoms with Gasteiger partial charge in [0.2, 0.25) is 0 Å². The van der Waals surface area contributed by atoms with Gasteiger partial charge in [-0.25, -0.2) is 8.78 Å². The van der Waals surface area contributed by atoms with Crippen LogP contribution in [0, 0.1) is 17.0 Å². The number of halogens is 2. The minimum atomic E-state index is -1.04. The Kier molecular flexibility index (Phi) is 2.12. The Bertz CT molecular complexity index is 504. The maximum absolute atomic E-state index is 13.7. The lowest BCUT2D eigenvalue weighted by atomic mass is 9.31. The molecule has 0 saturated heterocycles. The van der Waals surface area contributed by atoms with Gasteiger partial charge in [-0.15, -0.1) is 0 Å². The van der Waals surface area contributed by atoms with Gasteiger partial charge in [-0.2, -0.15) is 0 Å². The highest BCUT2D eigenvalue weighted by Gasteiger charge is 2.72. The molecule has 3 N–H and O–H groups in total. The standard InChI is InChI=1S/C13H13F2NO2/c14-7-2-1-3-8(15)9(7)12-4-13(5-12,6-12)10(16)11(17)18/h1-3,10H,4-6,16H2,(H,17,18). The van der Waals surface area contributed by atoms with E-state index in [1.165, 1.54) is 18.2 Å². The van der Waals surface area contributed by atoms with Crippen molar-refractivity contribution in [2.75, 3.05) is 0 Å². The van der Waals surface area contributed by atoms with Gasteiger partial charge in [0, 0.05) is 11.0 Å². The van der Waals surface area contributed by atoms with E-state index in [-0.39, 0.29) is 5.56 Å². The summed E-state index contributed by atoms with van der Waals surface area (Å²) in [7, 11) is 0. The number of hydrogen-bond acceptors (Lipinski definition) is 2. The summed E-state index contributed by atoms with van der Waals surface area (Å²) in [5.74, 6) is -2.14. The van der Waals surface area contributed by atoms with Crippen LogP contribution in [0.3, 0.4) is 0 Å². The summed E-state index contributed by atoms with van der Waals surface area (Å²) in [5.41, 5.74) is 4.74. The molecular formula is C13H13F2NO2. The molecule has 3 nitrogen and oxygen atoms in total. The first kappa shape index (κ1) is 11.6. The van der Waals surface area contributed by atoms with E-state index < -0.39 is 34.5 Å². The molecule has 0 aliphatic heterocycles.